The van der Waals surface area contributed by atoms with Gasteiger partial charge in [-0.15, -0.1) is 11.3 Å². The van der Waals surface area contributed by atoms with Gasteiger partial charge in [0.2, 0.25) is 5.91 Å². The van der Waals surface area contributed by atoms with E-state index in [9.17, 15) is 24.5 Å². The number of nitrogens with zero attached hydrogens (tertiary/aromatic N) is 3. The zero-order chi connectivity index (χ0) is 23.4. The summed E-state index contributed by atoms with van der Waals surface area (Å²) in [5.41, 5.74) is 1.04. The number of nitro groups is 1. The molecule has 2 amide bonds. The average molecular weight is 461 g/mol. The highest BCUT2D eigenvalue weighted by atomic mass is 32.1. The fourth-order valence-electron chi connectivity index (χ4n) is 3.47. The summed E-state index contributed by atoms with van der Waals surface area (Å²) in [5, 5.41) is 14.8. The third-order valence-electron chi connectivity index (χ3n) is 5.12. The number of esters is 1. The molecular formula is C21H24N4O6S. The second-order valence-corrected chi connectivity index (χ2v) is 8.30. The molecule has 11 heteroatoms. The zero-order valence-electron chi connectivity index (χ0n) is 18.0. The van der Waals surface area contributed by atoms with Crippen molar-refractivity contribution in [1.82, 2.24) is 4.90 Å². The molecule has 170 valence electrons. The van der Waals surface area contributed by atoms with Gasteiger partial charge in [-0.05, 0) is 37.6 Å². The summed E-state index contributed by atoms with van der Waals surface area (Å²) in [4.78, 5) is 51.3. The van der Waals surface area contributed by atoms with E-state index in [0.29, 0.717) is 47.3 Å². The summed E-state index contributed by atoms with van der Waals surface area (Å²) in [5.74, 6) is -1.00. The second kappa shape index (κ2) is 9.77. The van der Waals surface area contributed by atoms with Crippen molar-refractivity contribution in [2.75, 3.05) is 43.0 Å². The van der Waals surface area contributed by atoms with E-state index in [4.69, 9.17) is 4.74 Å². The largest absolute Gasteiger partial charge is 0.462 e. The van der Waals surface area contributed by atoms with Gasteiger partial charge in [-0.2, -0.15) is 0 Å². The van der Waals surface area contributed by atoms with Gasteiger partial charge in [0, 0.05) is 44.7 Å². The van der Waals surface area contributed by atoms with Crippen molar-refractivity contribution in [2.24, 2.45) is 0 Å². The minimum atomic E-state index is -0.516. The summed E-state index contributed by atoms with van der Waals surface area (Å²) in [6.45, 7) is 7.10. The van der Waals surface area contributed by atoms with Crippen molar-refractivity contribution in [1.29, 1.82) is 0 Å². The number of ether oxygens (including phenoxy) is 1. The highest BCUT2D eigenvalue weighted by Gasteiger charge is 2.26. The van der Waals surface area contributed by atoms with Crippen LogP contribution in [-0.2, 0) is 9.53 Å². The molecule has 3 rings (SSSR count). The lowest BCUT2D eigenvalue weighted by Gasteiger charge is -2.35. The van der Waals surface area contributed by atoms with E-state index in [1.807, 2.05) is 4.90 Å². The molecule has 0 unspecified atom stereocenters. The summed E-state index contributed by atoms with van der Waals surface area (Å²) in [7, 11) is 0. The molecule has 0 aliphatic carbocycles. The molecule has 1 aromatic carbocycles. The van der Waals surface area contributed by atoms with E-state index >= 15 is 0 Å². The fourth-order valence-corrected chi connectivity index (χ4v) is 4.43. The van der Waals surface area contributed by atoms with Gasteiger partial charge in [-0.1, -0.05) is 0 Å². The maximum Gasteiger partial charge on any atom is 0.348 e. The van der Waals surface area contributed by atoms with Crippen LogP contribution in [0.25, 0.3) is 0 Å². The van der Waals surface area contributed by atoms with Gasteiger partial charge >= 0.3 is 5.97 Å². The molecule has 2 heterocycles. The molecule has 0 saturated carbocycles. The fraction of sp³-hybridized carbons (Fsp3) is 0.381. The predicted molar refractivity (Wildman–Crippen MR) is 121 cm³/mol. The monoisotopic (exact) mass is 460 g/mol. The van der Waals surface area contributed by atoms with Crippen molar-refractivity contribution < 1.29 is 24.0 Å². The first kappa shape index (κ1) is 23.2. The molecule has 1 aliphatic heterocycles. The Labute approximate surface area is 188 Å². The maximum absolute atomic E-state index is 12.7. The van der Waals surface area contributed by atoms with Crippen molar-refractivity contribution in [2.45, 2.75) is 20.8 Å². The first-order valence-electron chi connectivity index (χ1n) is 10.1. The number of aryl methyl sites for hydroxylation is 1. The van der Waals surface area contributed by atoms with Crippen molar-refractivity contribution in [3.8, 4) is 0 Å². The number of piperazine rings is 1. The number of hydrogen-bond acceptors (Lipinski definition) is 8. The van der Waals surface area contributed by atoms with E-state index in [2.05, 4.69) is 5.32 Å². The molecule has 32 heavy (non-hydrogen) atoms. The number of rotatable bonds is 6. The number of nitro benzene ring substituents is 1. The molecule has 0 radical (unpaired) electrons. The van der Waals surface area contributed by atoms with Gasteiger partial charge in [0.1, 0.15) is 10.6 Å². The van der Waals surface area contributed by atoms with Gasteiger partial charge in [0.15, 0.2) is 0 Å². The van der Waals surface area contributed by atoms with Crippen molar-refractivity contribution >= 4 is 45.5 Å². The Morgan fingerprint density at radius 3 is 2.47 bits per heavy atom. The minimum absolute atomic E-state index is 0.0268. The summed E-state index contributed by atoms with van der Waals surface area (Å²) >= 11 is 1.09. The molecule has 1 aromatic heterocycles. The van der Waals surface area contributed by atoms with Crippen LogP contribution in [0.2, 0.25) is 0 Å². The molecule has 2 aromatic rings. The number of amides is 2. The van der Waals surface area contributed by atoms with E-state index in [0.717, 1.165) is 11.3 Å². The minimum Gasteiger partial charge on any atom is -0.462 e. The maximum atomic E-state index is 12.7. The van der Waals surface area contributed by atoms with Crippen LogP contribution in [0.4, 0.5) is 16.4 Å². The Kier molecular flexibility index (Phi) is 7.08. The zero-order valence-corrected chi connectivity index (χ0v) is 18.9. The molecule has 0 bridgehead atoms. The van der Waals surface area contributed by atoms with Gasteiger partial charge in [-0.25, -0.2) is 4.79 Å². The number of hydrogen-bond donors (Lipinski definition) is 1. The number of carbonyl (C=O) groups is 3. The molecule has 1 saturated heterocycles. The number of carbonyl (C=O) groups excluding carboxylic acids is 3. The lowest BCUT2D eigenvalue weighted by molar-refractivity contribution is -0.384. The van der Waals surface area contributed by atoms with Crippen molar-refractivity contribution in [3.05, 3.63) is 50.4 Å². The topological polar surface area (TPSA) is 122 Å². The summed E-state index contributed by atoms with van der Waals surface area (Å²) in [6.07, 6.45) is 0. The number of nitrogens with one attached hydrogen (secondary N) is 1. The lowest BCUT2D eigenvalue weighted by atomic mass is 10.1. The highest BCUT2D eigenvalue weighted by molar-refractivity contribution is 7.18. The summed E-state index contributed by atoms with van der Waals surface area (Å²) < 4.78 is 5.00. The molecule has 0 spiro atoms. The molecule has 1 N–H and O–H groups in total. The Balaban J connectivity index is 1.78. The van der Waals surface area contributed by atoms with Crippen LogP contribution in [0.3, 0.4) is 0 Å². The number of anilines is 2. The lowest BCUT2D eigenvalue weighted by Crippen LogP contribution is -2.48. The van der Waals surface area contributed by atoms with Crippen LogP contribution < -0.4 is 10.2 Å². The standard InChI is InChI=1S/C21H24N4O6S/c1-4-31-21(28)19-13(2)11-18(32-19)22-20(27)15-5-6-16(17(12-15)25(29)30)24-9-7-23(8-10-24)14(3)26/h5-6,11-12H,4,7-10H2,1-3H3,(H,22,27). The van der Waals surface area contributed by atoms with Crippen LogP contribution in [0.1, 0.15) is 39.4 Å². The molecule has 1 aliphatic rings. The Bertz CT molecular complexity index is 1060. The van der Waals surface area contributed by atoms with Crippen LogP contribution in [0, 0.1) is 17.0 Å². The molecular weight excluding hydrogens is 436 g/mol. The summed E-state index contributed by atoms with van der Waals surface area (Å²) in [6, 6.07) is 5.99. The van der Waals surface area contributed by atoms with Crippen molar-refractivity contribution in [3.63, 3.8) is 0 Å². The van der Waals surface area contributed by atoms with Gasteiger partial charge in [-0.3, -0.25) is 19.7 Å². The van der Waals surface area contributed by atoms with Crippen LogP contribution >= 0.6 is 11.3 Å². The number of benzene rings is 1. The third-order valence-corrected chi connectivity index (χ3v) is 6.25. The van der Waals surface area contributed by atoms with Gasteiger partial charge < -0.3 is 19.9 Å². The first-order valence-corrected chi connectivity index (χ1v) is 10.9. The van der Waals surface area contributed by atoms with Gasteiger partial charge in [0.05, 0.1) is 16.5 Å². The Morgan fingerprint density at radius 2 is 1.88 bits per heavy atom. The van der Waals surface area contributed by atoms with Crippen LogP contribution in [-0.4, -0.2) is 60.4 Å². The Hall–Kier alpha value is -3.47. The van der Waals surface area contributed by atoms with Crippen LogP contribution in [0.5, 0.6) is 0 Å². The second-order valence-electron chi connectivity index (χ2n) is 7.25. The van der Waals surface area contributed by atoms with E-state index in [1.54, 1.807) is 30.9 Å². The number of thiophene rings is 1. The molecule has 1 fully saturated rings. The Morgan fingerprint density at radius 1 is 1.19 bits per heavy atom. The molecule has 10 nitrogen and oxygen atoms in total. The smallest absolute Gasteiger partial charge is 0.348 e. The third kappa shape index (κ3) is 5.05. The predicted octanol–water partition coefficient (Wildman–Crippen LogP) is 3.06. The van der Waals surface area contributed by atoms with Crippen LogP contribution in [0.15, 0.2) is 24.3 Å². The average Bonchev–Trinajstić information content (AvgIpc) is 3.13. The van der Waals surface area contributed by atoms with E-state index in [1.165, 1.54) is 19.1 Å². The quantitative estimate of drug-likeness (QED) is 0.399. The van der Waals surface area contributed by atoms with Gasteiger partial charge in [0.25, 0.3) is 11.6 Å². The first-order chi connectivity index (χ1) is 15.2. The SMILES string of the molecule is CCOC(=O)c1sc(NC(=O)c2ccc(N3CCN(C(C)=O)CC3)c([N+](=O)[O-])c2)cc1C. The van der Waals surface area contributed by atoms with E-state index < -0.39 is 16.8 Å². The highest BCUT2D eigenvalue weighted by Crippen LogP contribution is 2.32. The normalized spacial score (nSPS) is 13.6. The van der Waals surface area contributed by atoms with E-state index in [-0.39, 0.29) is 23.8 Å². The molecule has 0 atom stereocenters.